The first-order valence-electron chi connectivity index (χ1n) is 5.61. The molecule has 0 atom stereocenters. The van der Waals surface area contributed by atoms with Crippen molar-refractivity contribution in [3.8, 4) is 5.75 Å². The first kappa shape index (κ1) is 12.9. The van der Waals surface area contributed by atoms with Gasteiger partial charge in [-0.3, -0.25) is 0 Å². The van der Waals surface area contributed by atoms with Crippen LogP contribution in [-0.4, -0.2) is 16.2 Å². The zero-order chi connectivity index (χ0) is 13.8. The van der Waals surface area contributed by atoms with E-state index in [1.54, 1.807) is 18.2 Å². The molecule has 0 heterocycles. The summed E-state index contributed by atoms with van der Waals surface area (Å²) in [5.74, 6) is -1.55. The zero-order valence-electron chi connectivity index (χ0n) is 9.93. The molecule has 0 spiro atoms. The first-order valence-corrected chi connectivity index (χ1v) is 5.61. The van der Waals surface area contributed by atoms with Gasteiger partial charge in [0.15, 0.2) is 0 Å². The van der Waals surface area contributed by atoms with Gasteiger partial charge in [0, 0.05) is 17.8 Å². The molecule has 4 nitrogen and oxygen atoms in total. The van der Waals surface area contributed by atoms with Crippen LogP contribution in [0.3, 0.4) is 0 Å². The number of benzene rings is 2. The Labute approximate surface area is 109 Å². The Balaban J connectivity index is 2.19. The van der Waals surface area contributed by atoms with Gasteiger partial charge in [-0.25, -0.2) is 9.18 Å². The number of carbonyl (C=O) groups is 1. The molecule has 2 aromatic rings. The third-order valence-corrected chi connectivity index (χ3v) is 2.67. The third-order valence-electron chi connectivity index (χ3n) is 2.67. The summed E-state index contributed by atoms with van der Waals surface area (Å²) in [6, 6.07) is 10.0. The normalized spacial score (nSPS) is 10.2. The van der Waals surface area contributed by atoms with Gasteiger partial charge in [0.05, 0.1) is 5.56 Å². The molecule has 0 bridgehead atoms. The maximum absolute atomic E-state index is 13.0. The zero-order valence-corrected chi connectivity index (χ0v) is 9.93. The van der Waals surface area contributed by atoms with Gasteiger partial charge >= 0.3 is 5.97 Å². The summed E-state index contributed by atoms with van der Waals surface area (Å²) in [6.45, 7) is 0.133. The minimum atomic E-state index is -1.05. The number of hydrogen-bond donors (Lipinski definition) is 3. The molecule has 5 heteroatoms. The summed E-state index contributed by atoms with van der Waals surface area (Å²) in [4.78, 5) is 11.0. The maximum atomic E-state index is 13.0. The molecule has 0 amide bonds. The summed E-state index contributed by atoms with van der Waals surface area (Å²) >= 11 is 0. The monoisotopic (exact) mass is 261 g/mol. The second-order valence-corrected chi connectivity index (χ2v) is 3.98. The molecule has 0 radical (unpaired) electrons. The predicted molar refractivity (Wildman–Crippen MR) is 68.8 cm³/mol. The molecule has 3 N–H and O–H groups in total. The Morgan fingerprint density at radius 1 is 1.21 bits per heavy atom. The topological polar surface area (TPSA) is 69.6 Å². The highest BCUT2D eigenvalue weighted by Crippen LogP contribution is 2.21. The van der Waals surface area contributed by atoms with Crippen molar-refractivity contribution in [3.63, 3.8) is 0 Å². The average Bonchev–Trinajstić information content (AvgIpc) is 2.40. The fourth-order valence-electron chi connectivity index (χ4n) is 1.71. The standard InChI is InChI=1S/C14H12FNO3/c15-10-5-6-13(17)9(7-10)8-16-12-4-2-1-3-11(12)14(18)19/h1-7,16-17H,8H2,(H,18,19). The quantitative estimate of drug-likeness (QED) is 0.791. The number of phenolic OH excluding ortho intramolecular Hbond substituents is 1. The SMILES string of the molecule is O=C(O)c1ccccc1NCc1cc(F)ccc1O. The van der Waals surface area contributed by atoms with Crippen LogP contribution in [0.15, 0.2) is 42.5 Å². The van der Waals surface area contributed by atoms with Gasteiger partial charge in [0.2, 0.25) is 0 Å². The molecule has 0 saturated carbocycles. The number of phenols is 1. The molecular weight excluding hydrogens is 249 g/mol. The van der Waals surface area contributed by atoms with E-state index in [1.165, 1.54) is 18.2 Å². The lowest BCUT2D eigenvalue weighted by atomic mass is 10.1. The lowest BCUT2D eigenvalue weighted by molar-refractivity contribution is 0.0698. The summed E-state index contributed by atoms with van der Waals surface area (Å²) in [6.07, 6.45) is 0. The fraction of sp³-hybridized carbons (Fsp3) is 0.0714. The molecule has 19 heavy (non-hydrogen) atoms. The van der Waals surface area contributed by atoms with Crippen LogP contribution in [0.25, 0.3) is 0 Å². The molecule has 98 valence electrons. The number of anilines is 1. The van der Waals surface area contributed by atoms with E-state index in [2.05, 4.69) is 5.32 Å². The molecule has 0 aliphatic rings. The van der Waals surface area contributed by atoms with Crippen molar-refractivity contribution in [2.75, 3.05) is 5.32 Å². The second kappa shape index (κ2) is 5.39. The second-order valence-electron chi connectivity index (χ2n) is 3.98. The van der Waals surface area contributed by atoms with Crippen molar-refractivity contribution < 1.29 is 19.4 Å². The highest BCUT2D eigenvalue weighted by atomic mass is 19.1. The molecule has 0 aliphatic heterocycles. The van der Waals surface area contributed by atoms with Gasteiger partial charge in [-0.1, -0.05) is 12.1 Å². The molecule has 0 aliphatic carbocycles. The van der Waals surface area contributed by atoms with E-state index in [0.29, 0.717) is 11.3 Å². The number of aromatic carboxylic acids is 1. The number of carboxylic acids is 1. The highest BCUT2D eigenvalue weighted by Gasteiger charge is 2.09. The molecule has 0 saturated heterocycles. The molecule has 2 rings (SSSR count). The molecule has 0 fully saturated rings. The van der Waals surface area contributed by atoms with Gasteiger partial charge < -0.3 is 15.5 Å². The fourth-order valence-corrected chi connectivity index (χ4v) is 1.71. The molecule has 2 aromatic carbocycles. The minimum Gasteiger partial charge on any atom is -0.508 e. The van der Waals surface area contributed by atoms with Gasteiger partial charge in [-0.05, 0) is 30.3 Å². The summed E-state index contributed by atoms with van der Waals surface area (Å²) in [5, 5.41) is 21.5. The third kappa shape index (κ3) is 3.01. The van der Waals surface area contributed by atoms with Crippen molar-refractivity contribution in [1.29, 1.82) is 0 Å². The lowest BCUT2D eigenvalue weighted by Crippen LogP contribution is -2.06. The van der Waals surface area contributed by atoms with Gasteiger partial charge in [-0.15, -0.1) is 0 Å². The van der Waals surface area contributed by atoms with Crippen LogP contribution < -0.4 is 5.32 Å². The Bertz CT molecular complexity index is 613. The van der Waals surface area contributed by atoms with Crippen LogP contribution in [0.5, 0.6) is 5.75 Å². The van der Waals surface area contributed by atoms with Crippen LogP contribution in [0.2, 0.25) is 0 Å². The number of carboxylic acid groups (broad SMARTS) is 1. The van der Waals surface area contributed by atoms with Gasteiger partial charge in [0.1, 0.15) is 11.6 Å². The van der Waals surface area contributed by atoms with Gasteiger partial charge in [-0.2, -0.15) is 0 Å². The highest BCUT2D eigenvalue weighted by molar-refractivity contribution is 5.94. The van der Waals surface area contributed by atoms with E-state index in [1.807, 2.05) is 0 Å². The number of aromatic hydroxyl groups is 1. The Morgan fingerprint density at radius 2 is 1.95 bits per heavy atom. The van der Waals surface area contributed by atoms with E-state index in [4.69, 9.17) is 5.11 Å². The van der Waals surface area contributed by atoms with Crippen molar-refractivity contribution in [2.45, 2.75) is 6.54 Å². The van der Waals surface area contributed by atoms with Crippen LogP contribution in [0.1, 0.15) is 15.9 Å². The number of nitrogens with one attached hydrogen (secondary N) is 1. The maximum Gasteiger partial charge on any atom is 0.337 e. The van der Waals surface area contributed by atoms with Crippen LogP contribution in [-0.2, 0) is 6.54 Å². The van der Waals surface area contributed by atoms with Crippen molar-refractivity contribution in [3.05, 3.63) is 59.4 Å². The Kier molecular flexibility index (Phi) is 3.66. The predicted octanol–water partition coefficient (Wildman–Crippen LogP) is 2.84. The van der Waals surface area contributed by atoms with Crippen molar-refractivity contribution >= 4 is 11.7 Å². The summed E-state index contributed by atoms with van der Waals surface area (Å²) < 4.78 is 13.0. The first-order chi connectivity index (χ1) is 9.08. The number of para-hydroxylation sites is 1. The lowest BCUT2D eigenvalue weighted by Gasteiger charge is -2.10. The number of rotatable bonds is 4. The van der Waals surface area contributed by atoms with E-state index in [0.717, 1.165) is 6.07 Å². The molecule has 0 aromatic heterocycles. The van der Waals surface area contributed by atoms with E-state index in [-0.39, 0.29) is 17.9 Å². The van der Waals surface area contributed by atoms with E-state index in [9.17, 15) is 14.3 Å². The summed E-state index contributed by atoms with van der Waals surface area (Å²) in [7, 11) is 0. The number of hydrogen-bond acceptors (Lipinski definition) is 3. The van der Waals surface area contributed by atoms with Gasteiger partial charge in [0.25, 0.3) is 0 Å². The minimum absolute atomic E-state index is 0.0401. The van der Waals surface area contributed by atoms with Crippen LogP contribution >= 0.6 is 0 Å². The van der Waals surface area contributed by atoms with E-state index >= 15 is 0 Å². The number of halogens is 1. The van der Waals surface area contributed by atoms with Crippen LogP contribution in [0, 0.1) is 5.82 Å². The summed E-state index contributed by atoms with van der Waals surface area (Å²) in [5.41, 5.74) is 0.900. The smallest absolute Gasteiger partial charge is 0.337 e. The largest absolute Gasteiger partial charge is 0.508 e. The van der Waals surface area contributed by atoms with Crippen molar-refractivity contribution in [1.82, 2.24) is 0 Å². The molecular formula is C14H12FNO3. The van der Waals surface area contributed by atoms with Crippen molar-refractivity contribution in [2.24, 2.45) is 0 Å². The molecule has 0 unspecified atom stereocenters. The van der Waals surface area contributed by atoms with E-state index < -0.39 is 11.8 Å². The van der Waals surface area contributed by atoms with Crippen LogP contribution in [0.4, 0.5) is 10.1 Å². The average molecular weight is 261 g/mol. The Hall–Kier alpha value is -2.56. The Morgan fingerprint density at radius 3 is 2.68 bits per heavy atom.